The van der Waals surface area contributed by atoms with E-state index in [4.69, 9.17) is 19.3 Å². The molecular formula is C39H67NO6. The Morgan fingerprint density at radius 3 is 2.59 bits per heavy atom. The van der Waals surface area contributed by atoms with Gasteiger partial charge in [-0.3, -0.25) is 0 Å². The summed E-state index contributed by atoms with van der Waals surface area (Å²) in [5.74, 6) is 5.06. The molecule has 0 spiro atoms. The summed E-state index contributed by atoms with van der Waals surface area (Å²) in [5.41, 5.74) is 2.37. The Hall–Kier alpha value is -1.15. The zero-order valence-electron chi connectivity index (χ0n) is 29.8. The van der Waals surface area contributed by atoms with E-state index in [1.165, 1.54) is 51.4 Å². The average Bonchev–Trinajstić information content (AvgIpc) is 3.56. The van der Waals surface area contributed by atoms with Crippen molar-refractivity contribution < 1.29 is 29.2 Å². The van der Waals surface area contributed by atoms with Crippen LogP contribution in [-0.2, 0) is 14.2 Å². The highest BCUT2D eigenvalue weighted by Crippen LogP contribution is 2.67. The Bertz CT molecular complexity index is 1020. The van der Waals surface area contributed by atoms with Crippen LogP contribution in [0.15, 0.2) is 11.6 Å². The third-order valence-electron chi connectivity index (χ3n) is 13.5. The molecule has 11 atom stereocenters. The van der Waals surface area contributed by atoms with E-state index in [1.54, 1.807) is 5.57 Å². The molecular weight excluding hydrogens is 578 g/mol. The second-order valence-corrected chi connectivity index (χ2v) is 16.9. The van der Waals surface area contributed by atoms with E-state index in [-0.39, 0.29) is 24.2 Å². The fourth-order valence-corrected chi connectivity index (χ4v) is 10.9. The highest BCUT2D eigenvalue weighted by Gasteiger charge is 2.59. The van der Waals surface area contributed by atoms with E-state index >= 15 is 0 Å². The van der Waals surface area contributed by atoms with Crippen LogP contribution in [0.2, 0.25) is 0 Å². The van der Waals surface area contributed by atoms with Crippen molar-refractivity contribution in [3.63, 3.8) is 0 Å². The molecule has 0 aromatic carbocycles. The minimum Gasteiger partial charge on any atom is -0.446 e. The van der Waals surface area contributed by atoms with Gasteiger partial charge in [0, 0.05) is 26.0 Å². The Balaban J connectivity index is 1.01. The van der Waals surface area contributed by atoms with Gasteiger partial charge in [0.1, 0.15) is 12.2 Å². The fraction of sp³-hybridized carbons (Fsp3) is 0.923. The molecule has 5 rings (SSSR count). The molecule has 4 aliphatic carbocycles. The van der Waals surface area contributed by atoms with Crippen LogP contribution in [0.4, 0.5) is 4.79 Å². The van der Waals surface area contributed by atoms with E-state index in [0.717, 1.165) is 80.5 Å². The first kappa shape index (κ1) is 36.1. The smallest absolute Gasteiger partial charge is 0.407 e. The van der Waals surface area contributed by atoms with Gasteiger partial charge in [0.2, 0.25) is 0 Å². The third-order valence-corrected chi connectivity index (χ3v) is 13.5. The minimum atomic E-state index is -0.655. The zero-order chi connectivity index (χ0) is 32.9. The predicted octanol–water partition coefficient (Wildman–Crippen LogP) is 8.17. The van der Waals surface area contributed by atoms with E-state index in [2.05, 4.69) is 46.0 Å². The lowest BCUT2D eigenvalue weighted by atomic mass is 9.47. The topological polar surface area (TPSA) is 97.3 Å². The number of carbonyl (C=O) groups excluding carboxylic acids is 1. The number of rotatable bonds is 15. The second-order valence-electron chi connectivity index (χ2n) is 16.9. The lowest BCUT2D eigenvalue weighted by Gasteiger charge is -2.58. The standard InChI is InChI=1S/C39H67NO6/c1-26(2)11-10-12-27(3)31-15-16-32-30-14-13-28-23-29(17-19-38(28,4)33(30)18-20-39(31,32)5)45-37(43)40-21-8-6-7-9-22-44-36-24-34(42)35(25-41)46-36/h13,26-27,29-36,41-42H,6-12,14-25H2,1-5H3,(H,40,43)/t27-,29+,30?,31-,32+,33+,34+,35-,36+,38+,39-/m1/s1. The molecule has 1 aliphatic heterocycles. The summed E-state index contributed by atoms with van der Waals surface area (Å²) in [7, 11) is 0. The van der Waals surface area contributed by atoms with Crippen molar-refractivity contribution in [2.24, 2.45) is 46.3 Å². The number of fused-ring (bicyclic) bond motifs is 5. The molecule has 4 fully saturated rings. The molecule has 1 amide bonds. The molecule has 0 aromatic rings. The first-order valence-electron chi connectivity index (χ1n) is 19.2. The summed E-state index contributed by atoms with van der Waals surface area (Å²) in [6.07, 6.45) is 19.0. The van der Waals surface area contributed by atoms with Crippen molar-refractivity contribution in [2.45, 2.75) is 162 Å². The van der Waals surface area contributed by atoms with Gasteiger partial charge in [-0.15, -0.1) is 0 Å². The summed E-state index contributed by atoms with van der Waals surface area (Å²) < 4.78 is 17.1. The third kappa shape index (κ3) is 8.17. The molecule has 0 bridgehead atoms. The largest absolute Gasteiger partial charge is 0.446 e. The number of unbranched alkanes of at least 4 members (excludes halogenated alkanes) is 3. The van der Waals surface area contributed by atoms with Crippen LogP contribution in [0, 0.1) is 46.3 Å². The van der Waals surface area contributed by atoms with Gasteiger partial charge in [-0.05, 0) is 104 Å². The van der Waals surface area contributed by atoms with Gasteiger partial charge in [0.15, 0.2) is 6.29 Å². The minimum absolute atomic E-state index is 0.00816. The summed E-state index contributed by atoms with van der Waals surface area (Å²) in [6, 6.07) is 0. The van der Waals surface area contributed by atoms with Gasteiger partial charge in [-0.1, -0.05) is 78.4 Å². The molecule has 46 heavy (non-hydrogen) atoms. The number of amides is 1. The van der Waals surface area contributed by atoms with Crippen LogP contribution in [-0.4, -0.2) is 60.7 Å². The maximum Gasteiger partial charge on any atom is 0.407 e. The monoisotopic (exact) mass is 645 g/mol. The number of ether oxygens (including phenoxy) is 3. The Morgan fingerprint density at radius 1 is 1.02 bits per heavy atom. The second kappa shape index (κ2) is 16.0. The number of hydrogen-bond acceptors (Lipinski definition) is 6. The number of nitrogens with one attached hydrogen (secondary N) is 1. The lowest BCUT2D eigenvalue weighted by molar-refractivity contribution is -0.143. The van der Waals surface area contributed by atoms with Crippen LogP contribution in [0.3, 0.4) is 0 Å². The van der Waals surface area contributed by atoms with E-state index < -0.39 is 18.5 Å². The lowest BCUT2D eigenvalue weighted by Crippen LogP contribution is -2.51. The van der Waals surface area contributed by atoms with Crippen LogP contribution in [0.5, 0.6) is 0 Å². The molecule has 1 heterocycles. The van der Waals surface area contributed by atoms with Gasteiger partial charge < -0.3 is 29.7 Å². The van der Waals surface area contributed by atoms with Gasteiger partial charge in [-0.2, -0.15) is 0 Å². The zero-order valence-corrected chi connectivity index (χ0v) is 29.8. The molecule has 3 saturated carbocycles. The van der Waals surface area contributed by atoms with Crippen molar-refractivity contribution in [2.75, 3.05) is 19.8 Å². The van der Waals surface area contributed by atoms with E-state index in [0.29, 0.717) is 25.0 Å². The molecule has 5 aliphatic rings. The van der Waals surface area contributed by atoms with Crippen LogP contribution >= 0.6 is 0 Å². The number of carbonyl (C=O) groups is 1. The normalized spacial score (nSPS) is 39.3. The van der Waals surface area contributed by atoms with Crippen molar-refractivity contribution >= 4 is 6.09 Å². The molecule has 3 N–H and O–H groups in total. The first-order chi connectivity index (χ1) is 22.0. The van der Waals surface area contributed by atoms with Crippen LogP contribution in [0.1, 0.15) is 137 Å². The van der Waals surface area contributed by atoms with Crippen LogP contribution < -0.4 is 5.32 Å². The first-order valence-corrected chi connectivity index (χ1v) is 19.2. The molecule has 7 heteroatoms. The quantitative estimate of drug-likeness (QED) is 0.123. The van der Waals surface area contributed by atoms with Gasteiger partial charge in [-0.25, -0.2) is 4.79 Å². The van der Waals surface area contributed by atoms with E-state index in [9.17, 15) is 9.90 Å². The summed E-state index contributed by atoms with van der Waals surface area (Å²) in [5, 5.41) is 21.9. The Morgan fingerprint density at radius 2 is 1.83 bits per heavy atom. The van der Waals surface area contributed by atoms with E-state index in [1.807, 2.05) is 0 Å². The molecule has 1 unspecified atom stereocenters. The molecule has 264 valence electrons. The summed E-state index contributed by atoms with van der Waals surface area (Å²) in [4.78, 5) is 12.7. The highest BCUT2D eigenvalue weighted by atomic mass is 16.7. The average molecular weight is 646 g/mol. The Labute approximate surface area is 280 Å². The maximum absolute atomic E-state index is 12.7. The van der Waals surface area contributed by atoms with Crippen molar-refractivity contribution in [1.82, 2.24) is 5.32 Å². The number of hydrogen-bond donors (Lipinski definition) is 3. The number of aliphatic hydroxyl groups is 2. The van der Waals surface area contributed by atoms with Crippen molar-refractivity contribution in [3.05, 3.63) is 11.6 Å². The Kier molecular flexibility index (Phi) is 12.6. The van der Waals surface area contributed by atoms with Crippen LogP contribution in [0.25, 0.3) is 0 Å². The highest BCUT2D eigenvalue weighted by molar-refractivity contribution is 5.67. The maximum atomic E-state index is 12.7. The molecule has 0 aromatic heterocycles. The SMILES string of the molecule is CC(C)CCC[C@@H](C)[C@H]1CC[C@H]2C3CC=C4C[C@@H](OC(=O)NCCCCCCO[C@@H]5C[C@H](O)[C@@H](CO)O5)CC[C@]4(C)[C@H]3CC[C@]12C. The summed E-state index contributed by atoms with van der Waals surface area (Å²) in [6.45, 7) is 13.5. The predicted molar refractivity (Wildman–Crippen MR) is 182 cm³/mol. The number of alkyl carbamates (subject to hydrolysis) is 1. The molecule has 7 nitrogen and oxygen atoms in total. The van der Waals surface area contributed by atoms with Gasteiger partial charge >= 0.3 is 6.09 Å². The fourth-order valence-electron chi connectivity index (χ4n) is 10.9. The number of aliphatic hydroxyl groups excluding tert-OH is 2. The van der Waals surface area contributed by atoms with Crippen molar-refractivity contribution in [3.8, 4) is 0 Å². The summed E-state index contributed by atoms with van der Waals surface area (Å²) >= 11 is 0. The number of allylic oxidation sites excluding steroid dienone is 1. The van der Waals surface area contributed by atoms with Crippen molar-refractivity contribution in [1.29, 1.82) is 0 Å². The molecule has 1 saturated heterocycles. The molecule has 0 radical (unpaired) electrons. The van der Waals surface area contributed by atoms with Gasteiger partial charge in [0.05, 0.1) is 12.7 Å². The van der Waals surface area contributed by atoms with Gasteiger partial charge in [0.25, 0.3) is 0 Å².